The van der Waals surface area contributed by atoms with Crippen LogP contribution in [0.2, 0.25) is 0 Å². The molecule has 1 aromatic carbocycles. The quantitative estimate of drug-likeness (QED) is 0.916. The second-order valence-electron chi connectivity index (χ2n) is 5.65. The van der Waals surface area contributed by atoms with E-state index >= 15 is 0 Å². The van der Waals surface area contributed by atoms with Crippen LogP contribution in [0.5, 0.6) is 0 Å². The van der Waals surface area contributed by atoms with Crippen molar-refractivity contribution in [1.29, 1.82) is 0 Å². The number of aromatic nitrogens is 1. The first-order chi connectivity index (χ1) is 9.20. The lowest BCUT2D eigenvalue weighted by Crippen LogP contribution is -2.34. The first kappa shape index (κ1) is 12.7. The van der Waals surface area contributed by atoms with E-state index in [9.17, 15) is 0 Å². The predicted molar refractivity (Wildman–Crippen MR) is 80.4 cm³/mol. The normalized spacial score (nSPS) is 15.9. The lowest BCUT2D eigenvalue weighted by Gasteiger charge is -2.29. The Morgan fingerprint density at radius 1 is 1.21 bits per heavy atom. The summed E-state index contributed by atoms with van der Waals surface area (Å²) in [7, 11) is 0. The molecule has 0 saturated carbocycles. The number of benzene rings is 1. The Labute approximate surface area is 115 Å². The lowest BCUT2D eigenvalue weighted by atomic mass is 10.1. The highest BCUT2D eigenvalue weighted by atomic mass is 15.2. The van der Waals surface area contributed by atoms with Gasteiger partial charge < -0.3 is 10.3 Å². The molecular weight excluding hydrogens is 234 g/mol. The van der Waals surface area contributed by atoms with E-state index in [-0.39, 0.29) is 0 Å². The lowest BCUT2D eigenvalue weighted by molar-refractivity contribution is 0.222. The van der Waals surface area contributed by atoms with Gasteiger partial charge in [0.1, 0.15) is 0 Å². The SMILES string of the molecule is Cc1ccc2cc3n(c2c1C)CCN(CCCN)C3. The van der Waals surface area contributed by atoms with E-state index in [0.717, 1.165) is 39.1 Å². The molecule has 3 heteroatoms. The third kappa shape index (κ3) is 2.17. The smallest absolute Gasteiger partial charge is 0.0515 e. The van der Waals surface area contributed by atoms with Gasteiger partial charge in [0, 0.05) is 30.7 Å². The second kappa shape index (κ2) is 4.99. The van der Waals surface area contributed by atoms with Gasteiger partial charge in [-0.3, -0.25) is 4.90 Å². The van der Waals surface area contributed by atoms with Crippen LogP contribution in [0.25, 0.3) is 10.9 Å². The van der Waals surface area contributed by atoms with Crippen molar-refractivity contribution in [2.45, 2.75) is 33.4 Å². The fourth-order valence-corrected chi connectivity index (χ4v) is 3.14. The number of nitrogens with zero attached hydrogens (tertiary/aromatic N) is 2. The zero-order valence-corrected chi connectivity index (χ0v) is 11.9. The van der Waals surface area contributed by atoms with Gasteiger partial charge in [-0.2, -0.15) is 0 Å². The summed E-state index contributed by atoms with van der Waals surface area (Å²) in [4.78, 5) is 2.52. The summed E-state index contributed by atoms with van der Waals surface area (Å²) in [5, 5.41) is 1.39. The molecule has 1 aromatic heterocycles. The molecule has 0 amide bonds. The van der Waals surface area contributed by atoms with Crippen molar-refractivity contribution in [3.63, 3.8) is 0 Å². The van der Waals surface area contributed by atoms with Crippen molar-refractivity contribution in [1.82, 2.24) is 9.47 Å². The van der Waals surface area contributed by atoms with Gasteiger partial charge in [-0.1, -0.05) is 12.1 Å². The Morgan fingerprint density at radius 3 is 2.84 bits per heavy atom. The van der Waals surface area contributed by atoms with Gasteiger partial charge in [0.05, 0.1) is 5.52 Å². The topological polar surface area (TPSA) is 34.2 Å². The van der Waals surface area contributed by atoms with Crippen LogP contribution in [0.15, 0.2) is 18.2 Å². The molecule has 3 rings (SSSR count). The predicted octanol–water partition coefficient (Wildman–Crippen LogP) is 2.42. The largest absolute Gasteiger partial charge is 0.342 e. The van der Waals surface area contributed by atoms with Gasteiger partial charge in [-0.05, 0) is 50.6 Å². The number of rotatable bonds is 3. The van der Waals surface area contributed by atoms with E-state index in [2.05, 4.69) is 41.5 Å². The van der Waals surface area contributed by atoms with Crippen LogP contribution < -0.4 is 5.73 Å². The van der Waals surface area contributed by atoms with Crippen molar-refractivity contribution >= 4 is 10.9 Å². The molecule has 0 atom stereocenters. The molecule has 19 heavy (non-hydrogen) atoms. The summed E-state index contributed by atoms with van der Waals surface area (Å²) >= 11 is 0. The van der Waals surface area contributed by atoms with Crippen LogP contribution in [0.1, 0.15) is 23.2 Å². The van der Waals surface area contributed by atoms with Crippen LogP contribution in [-0.2, 0) is 13.1 Å². The Morgan fingerprint density at radius 2 is 2.05 bits per heavy atom. The number of hydrogen-bond donors (Lipinski definition) is 1. The Hall–Kier alpha value is -1.32. The van der Waals surface area contributed by atoms with E-state index in [0.29, 0.717) is 0 Å². The second-order valence-corrected chi connectivity index (χ2v) is 5.65. The number of nitrogens with two attached hydrogens (primary N) is 1. The highest BCUT2D eigenvalue weighted by Gasteiger charge is 2.19. The maximum atomic E-state index is 5.61. The van der Waals surface area contributed by atoms with Crippen molar-refractivity contribution in [3.05, 3.63) is 35.0 Å². The molecule has 2 N–H and O–H groups in total. The Kier molecular flexibility index (Phi) is 3.33. The van der Waals surface area contributed by atoms with Crippen LogP contribution in [0.3, 0.4) is 0 Å². The van der Waals surface area contributed by atoms with E-state index < -0.39 is 0 Å². The van der Waals surface area contributed by atoms with Crippen molar-refractivity contribution in [2.75, 3.05) is 19.6 Å². The van der Waals surface area contributed by atoms with Crippen LogP contribution >= 0.6 is 0 Å². The van der Waals surface area contributed by atoms with Gasteiger partial charge >= 0.3 is 0 Å². The maximum Gasteiger partial charge on any atom is 0.0515 e. The van der Waals surface area contributed by atoms with Crippen molar-refractivity contribution in [2.24, 2.45) is 5.73 Å². The van der Waals surface area contributed by atoms with Crippen LogP contribution in [0, 0.1) is 13.8 Å². The molecule has 102 valence electrons. The molecule has 0 fully saturated rings. The summed E-state index contributed by atoms with van der Waals surface area (Å²) in [6.45, 7) is 9.66. The minimum absolute atomic E-state index is 0.789. The van der Waals surface area contributed by atoms with E-state index in [1.165, 1.54) is 27.7 Å². The van der Waals surface area contributed by atoms with Crippen LogP contribution in [-0.4, -0.2) is 29.1 Å². The third-order valence-electron chi connectivity index (χ3n) is 4.38. The van der Waals surface area contributed by atoms with Crippen LogP contribution in [0.4, 0.5) is 0 Å². The first-order valence-corrected chi connectivity index (χ1v) is 7.21. The van der Waals surface area contributed by atoms with E-state index in [1.807, 2.05) is 0 Å². The molecule has 0 radical (unpaired) electrons. The molecule has 2 heterocycles. The van der Waals surface area contributed by atoms with Crippen molar-refractivity contribution in [3.8, 4) is 0 Å². The number of aryl methyl sites for hydroxylation is 2. The third-order valence-corrected chi connectivity index (χ3v) is 4.38. The summed E-state index contributed by atoms with van der Waals surface area (Å²) < 4.78 is 2.51. The molecule has 0 spiro atoms. The molecule has 0 saturated heterocycles. The van der Waals surface area contributed by atoms with Gasteiger partial charge in [-0.15, -0.1) is 0 Å². The average Bonchev–Trinajstić information content (AvgIpc) is 2.79. The minimum atomic E-state index is 0.789. The fraction of sp³-hybridized carbons (Fsp3) is 0.500. The highest BCUT2D eigenvalue weighted by Crippen LogP contribution is 2.28. The summed E-state index contributed by atoms with van der Waals surface area (Å²) in [5.74, 6) is 0. The van der Waals surface area contributed by atoms with Gasteiger partial charge in [-0.25, -0.2) is 0 Å². The Bertz CT molecular complexity index is 598. The average molecular weight is 257 g/mol. The fourth-order valence-electron chi connectivity index (χ4n) is 3.14. The Balaban J connectivity index is 1.97. The standard InChI is InChI=1S/C16H23N3/c1-12-4-5-14-10-15-11-18(7-3-6-17)8-9-19(15)16(14)13(12)2/h4-5,10H,3,6-9,11,17H2,1-2H3. The zero-order valence-electron chi connectivity index (χ0n) is 11.9. The molecule has 1 aliphatic heterocycles. The van der Waals surface area contributed by atoms with E-state index in [1.54, 1.807) is 0 Å². The molecular formula is C16H23N3. The molecule has 0 unspecified atom stereocenters. The van der Waals surface area contributed by atoms with Gasteiger partial charge in [0.2, 0.25) is 0 Å². The van der Waals surface area contributed by atoms with Gasteiger partial charge in [0.15, 0.2) is 0 Å². The van der Waals surface area contributed by atoms with Gasteiger partial charge in [0.25, 0.3) is 0 Å². The maximum absolute atomic E-state index is 5.61. The van der Waals surface area contributed by atoms with Crippen molar-refractivity contribution < 1.29 is 0 Å². The molecule has 1 aliphatic rings. The number of hydrogen-bond acceptors (Lipinski definition) is 2. The minimum Gasteiger partial charge on any atom is -0.342 e. The molecule has 2 aromatic rings. The first-order valence-electron chi connectivity index (χ1n) is 7.21. The summed E-state index contributed by atoms with van der Waals surface area (Å²) in [5.41, 5.74) is 11.3. The summed E-state index contributed by atoms with van der Waals surface area (Å²) in [6.07, 6.45) is 1.10. The molecule has 0 aliphatic carbocycles. The monoisotopic (exact) mass is 257 g/mol. The van der Waals surface area contributed by atoms with E-state index in [4.69, 9.17) is 5.73 Å². The highest BCUT2D eigenvalue weighted by molar-refractivity contribution is 5.85. The zero-order chi connectivity index (χ0) is 13.4. The number of fused-ring (bicyclic) bond motifs is 3. The molecule has 3 nitrogen and oxygen atoms in total. The summed E-state index contributed by atoms with van der Waals surface area (Å²) in [6, 6.07) is 6.85. The molecule has 0 bridgehead atoms.